The summed E-state index contributed by atoms with van der Waals surface area (Å²) >= 11 is 6.07. The van der Waals surface area contributed by atoms with Gasteiger partial charge in [-0.05, 0) is 63.0 Å². The number of carboxylic acid groups (broad SMARTS) is 1. The second kappa shape index (κ2) is 12.6. The number of carboxylic acids is 1. The van der Waals surface area contributed by atoms with Crippen molar-refractivity contribution < 1.29 is 32.6 Å². The van der Waals surface area contributed by atoms with Crippen molar-refractivity contribution in [1.29, 1.82) is 5.26 Å². The molecule has 0 fully saturated rings. The average molecular weight is 591 g/mol. The number of benzene rings is 1. The van der Waals surface area contributed by atoms with Crippen molar-refractivity contribution >= 4 is 34.5 Å². The minimum atomic E-state index is -5.08. The average Bonchev–Trinajstić information content (AvgIpc) is 3.26. The number of carbonyl (C=O) groups excluding carboxylic acids is 1. The van der Waals surface area contributed by atoms with Crippen LogP contribution in [0, 0.1) is 18.3 Å². The van der Waals surface area contributed by atoms with Crippen LogP contribution in [-0.2, 0) is 11.3 Å². The van der Waals surface area contributed by atoms with Crippen molar-refractivity contribution in [1.82, 2.24) is 24.2 Å². The highest BCUT2D eigenvalue weighted by atomic mass is 35.5. The molecule has 0 aliphatic heterocycles. The Balaban J connectivity index is 0.000000587. The predicted molar refractivity (Wildman–Crippen MR) is 141 cm³/mol. The number of fused-ring (bicyclic) bond motifs is 1. The standard InChI is InChI=1S/C24H21ClN6O3.C2HF3O2/c1-15-6-8-30(24(33)22(15)34-18-10-16(12-26)9-17(25)11-18)13-20-19-5-4-7-27-23(19)31(28-20)21(32)14-29(2)3;3-2(4,5)1(6)7/h4-11H,13-14H2,1-3H3;(H,6,7). The fourth-order valence-electron chi connectivity index (χ4n) is 3.50. The number of nitriles is 1. The first-order valence-corrected chi connectivity index (χ1v) is 12.0. The summed E-state index contributed by atoms with van der Waals surface area (Å²) in [5.74, 6) is -2.59. The molecule has 41 heavy (non-hydrogen) atoms. The first-order chi connectivity index (χ1) is 19.2. The van der Waals surface area contributed by atoms with Crippen molar-refractivity contribution in [2.24, 2.45) is 0 Å². The van der Waals surface area contributed by atoms with Gasteiger partial charge in [-0.25, -0.2) is 9.78 Å². The minimum Gasteiger partial charge on any atom is -0.475 e. The normalized spacial score (nSPS) is 11.1. The maximum absolute atomic E-state index is 13.3. The zero-order valence-corrected chi connectivity index (χ0v) is 22.6. The Morgan fingerprint density at radius 2 is 1.90 bits per heavy atom. The Hall–Kier alpha value is -4.74. The molecular formula is C26H22ClF3N6O5. The molecule has 4 rings (SSSR count). The number of pyridine rings is 2. The smallest absolute Gasteiger partial charge is 0.475 e. The van der Waals surface area contributed by atoms with Crippen molar-refractivity contribution in [2.75, 3.05) is 20.6 Å². The lowest BCUT2D eigenvalue weighted by Gasteiger charge is -2.12. The van der Waals surface area contributed by atoms with Crippen LogP contribution < -0.4 is 10.3 Å². The minimum absolute atomic E-state index is 0.110. The van der Waals surface area contributed by atoms with E-state index >= 15 is 0 Å². The Morgan fingerprint density at radius 1 is 1.22 bits per heavy atom. The van der Waals surface area contributed by atoms with Crippen LogP contribution in [-0.4, -0.2) is 68.0 Å². The van der Waals surface area contributed by atoms with E-state index in [0.29, 0.717) is 32.9 Å². The van der Waals surface area contributed by atoms with Gasteiger partial charge >= 0.3 is 12.1 Å². The Morgan fingerprint density at radius 3 is 2.51 bits per heavy atom. The van der Waals surface area contributed by atoms with E-state index in [-0.39, 0.29) is 36.1 Å². The number of halogens is 4. The molecular weight excluding hydrogens is 569 g/mol. The molecule has 3 aromatic heterocycles. The largest absolute Gasteiger partial charge is 0.490 e. The fourth-order valence-corrected chi connectivity index (χ4v) is 3.72. The zero-order valence-electron chi connectivity index (χ0n) is 21.8. The fraction of sp³-hybridized carbons (Fsp3) is 0.231. The summed E-state index contributed by atoms with van der Waals surface area (Å²) in [4.78, 5) is 40.9. The summed E-state index contributed by atoms with van der Waals surface area (Å²) in [5.41, 5.74) is 1.52. The maximum atomic E-state index is 13.3. The summed E-state index contributed by atoms with van der Waals surface area (Å²) in [5, 5.41) is 21.8. The van der Waals surface area contributed by atoms with Gasteiger partial charge < -0.3 is 19.3 Å². The number of rotatable bonds is 6. The third-order valence-corrected chi connectivity index (χ3v) is 5.53. The van der Waals surface area contributed by atoms with Crippen LogP contribution in [0.5, 0.6) is 11.5 Å². The van der Waals surface area contributed by atoms with E-state index in [0.717, 1.165) is 0 Å². The third kappa shape index (κ3) is 7.68. The van der Waals surface area contributed by atoms with E-state index in [4.69, 9.17) is 26.2 Å². The topological polar surface area (TPSA) is 143 Å². The van der Waals surface area contributed by atoms with E-state index < -0.39 is 12.1 Å². The lowest BCUT2D eigenvalue weighted by molar-refractivity contribution is -0.192. The Bertz CT molecular complexity index is 1710. The molecule has 0 saturated carbocycles. The third-order valence-electron chi connectivity index (χ3n) is 5.31. The molecule has 214 valence electrons. The van der Waals surface area contributed by atoms with Crippen LogP contribution in [0.3, 0.4) is 0 Å². The van der Waals surface area contributed by atoms with Gasteiger partial charge in [-0.1, -0.05) is 11.6 Å². The second-order valence-electron chi connectivity index (χ2n) is 8.82. The molecule has 4 aromatic rings. The first-order valence-electron chi connectivity index (χ1n) is 11.6. The Kier molecular flexibility index (Phi) is 9.48. The molecule has 0 radical (unpaired) electrons. The van der Waals surface area contributed by atoms with Crippen LogP contribution in [0.1, 0.15) is 21.6 Å². The number of hydrogen-bond donors (Lipinski definition) is 1. The van der Waals surface area contributed by atoms with Crippen LogP contribution in [0.2, 0.25) is 5.02 Å². The number of hydrogen-bond acceptors (Lipinski definition) is 8. The molecule has 0 atom stereocenters. The van der Waals surface area contributed by atoms with Gasteiger partial charge in [-0.3, -0.25) is 9.59 Å². The number of nitrogens with zero attached hydrogens (tertiary/aromatic N) is 6. The van der Waals surface area contributed by atoms with Gasteiger partial charge in [0, 0.05) is 22.8 Å². The van der Waals surface area contributed by atoms with Crippen molar-refractivity contribution in [3.05, 3.63) is 81.0 Å². The molecule has 0 aliphatic carbocycles. The number of ether oxygens (including phenoxy) is 1. The first kappa shape index (κ1) is 30.8. The second-order valence-corrected chi connectivity index (χ2v) is 9.25. The number of aliphatic carboxylic acids is 1. The summed E-state index contributed by atoms with van der Waals surface area (Å²) in [6, 6.07) is 11.9. The van der Waals surface area contributed by atoms with Crippen LogP contribution in [0.15, 0.2) is 53.6 Å². The number of likely N-dealkylation sites (N-methyl/N-ethyl adjacent to an activating group) is 1. The molecule has 1 aromatic carbocycles. The van der Waals surface area contributed by atoms with Crippen molar-refractivity contribution in [2.45, 2.75) is 19.6 Å². The van der Waals surface area contributed by atoms with E-state index in [1.54, 1.807) is 50.4 Å². The number of alkyl halides is 3. The molecule has 1 N–H and O–H groups in total. The van der Waals surface area contributed by atoms with Crippen LogP contribution in [0.25, 0.3) is 11.0 Å². The van der Waals surface area contributed by atoms with E-state index in [9.17, 15) is 28.0 Å². The van der Waals surface area contributed by atoms with Gasteiger partial charge in [-0.15, -0.1) is 0 Å². The van der Waals surface area contributed by atoms with Gasteiger partial charge in [0.15, 0.2) is 11.4 Å². The van der Waals surface area contributed by atoms with Crippen molar-refractivity contribution in [3.8, 4) is 17.6 Å². The molecule has 0 unspecified atom stereocenters. The quantitative estimate of drug-likeness (QED) is 0.351. The SMILES string of the molecule is Cc1ccn(Cc2nn(C(=O)CN(C)C)c3ncccc23)c(=O)c1Oc1cc(Cl)cc(C#N)c1.O=C(O)C(F)(F)F. The summed E-state index contributed by atoms with van der Waals surface area (Å²) in [7, 11) is 3.59. The Labute approximate surface area is 235 Å². The molecule has 0 spiro atoms. The van der Waals surface area contributed by atoms with E-state index in [1.165, 1.54) is 27.4 Å². The number of aryl methyl sites for hydroxylation is 1. The van der Waals surface area contributed by atoms with Gasteiger partial charge in [0.05, 0.1) is 30.4 Å². The number of carbonyl (C=O) groups is 2. The number of aromatic nitrogens is 4. The predicted octanol–water partition coefficient (Wildman–Crippen LogP) is 4.10. The molecule has 11 nitrogen and oxygen atoms in total. The zero-order chi connectivity index (χ0) is 30.5. The summed E-state index contributed by atoms with van der Waals surface area (Å²) in [6.45, 7) is 2.03. The van der Waals surface area contributed by atoms with Crippen LogP contribution >= 0.6 is 11.6 Å². The van der Waals surface area contributed by atoms with E-state index in [1.807, 2.05) is 12.1 Å². The monoisotopic (exact) mass is 590 g/mol. The molecule has 0 saturated heterocycles. The van der Waals surface area contributed by atoms with Crippen LogP contribution in [0.4, 0.5) is 13.2 Å². The van der Waals surface area contributed by atoms with Gasteiger partial charge in [-0.2, -0.15) is 28.2 Å². The molecule has 0 bridgehead atoms. The van der Waals surface area contributed by atoms with E-state index in [2.05, 4.69) is 10.1 Å². The van der Waals surface area contributed by atoms with Crippen molar-refractivity contribution in [3.63, 3.8) is 0 Å². The van der Waals surface area contributed by atoms with Gasteiger partial charge in [0.2, 0.25) is 0 Å². The van der Waals surface area contributed by atoms with Gasteiger partial charge in [0.25, 0.3) is 11.5 Å². The summed E-state index contributed by atoms with van der Waals surface area (Å²) in [6.07, 6.45) is -1.84. The highest BCUT2D eigenvalue weighted by molar-refractivity contribution is 6.30. The lowest BCUT2D eigenvalue weighted by atomic mass is 10.2. The lowest BCUT2D eigenvalue weighted by Crippen LogP contribution is -2.27. The molecule has 0 amide bonds. The maximum Gasteiger partial charge on any atom is 0.490 e. The molecule has 3 heterocycles. The molecule has 0 aliphatic rings. The highest BCUT2D eigenvalue weighted by Crippen LogP contribution is 2.26. The van der Waals surface area contributed by atoms with Gasteiger partial charge in [0.1, 0.15) is 5.75 Å². The summed E-state index contributed by atoms with van der Waals surface area (Å²) < 4.78 is 40.3. The highest BCUT2D eigenvalue weighted by Gasteiger charge is 2.38. The molecule has 15 heteroatoms.